The maximum absolute atomic E-state index is 12.1. The molecular weight excluding hydrogens is 352 g/mol. The Bertz CT molecular complexity index is 1170. The molecule has 2 aromatic carbocycles. The summed E-state index contributed by atoms with van der Waals surface area (Å²) in [5.74, 6) is 0.360. The van der Waals surface area contributed by atoms with Gasteiger partial charge in [-0.05, 0) is 17.7 Å². The Balaban J connectivity index is 1.98. The fourth-order valence-electron chi connectivity index (χ4n) is 2.80. The van der Waals surface area contributed by atoms with Crippen molar-refractivity contribution >= 4 is 11.9 Å². The number of nitrogens with two attached hydrogens (primary N) is 1. The van der Waals surface area contributed by atoms with E-state index in [0.29, 0.717) is 11.3 Å². The Kier molecular flexibility index (Phi) is 5.55. The molecule has 0 aliphatic carbocycles. The number of ether oxygens (including phenoxy) is 1. The molecule has 28 heavy (non-hydrogen) atoms. The van der Waals surface area contributed by atoms with Gasteiger partial charge in [0.05, 0.1) is 0 Å². The third-order valence-electron chi connectivity index (χ3n) is 4.07. The molecule has 0 unspecified atom stereocenters. The van der Waals surface area contributed by atoms with Gasteiger partial charge in [0, 0.05) is 11.1 Å². The quantitative estimate of drug-likeness (QED) is 0.715. The van der Waals surface area contributed by atoms with Gasteiger partial charge in [0.2, 0.25) is 0 Å². The normalized spacial score (nSPS) is 10.4. The highest BCUT2D eigenvalue weighted by molar-refractivity contribution is 5.83. The van der Waals surface area contributed by atoms with E-state index in [2.05, 4.69) is 4.98 Å². The van der Waals surface area contributed by atoms with Crippen LogP contribution < -0.4 is 16.0 Å². The molecule has 136 valence electrons. The van der Waals surface area contributed by atoms with E-state index in [4.69, 9.17) is 10.5 Å². The lowest BCUT2D eigenvalue weighted by molar-refractivity contribution is 0.365. The molecule has 3 rings (SSSR count). The molecule has 0 radical (unpaired) electrons. The molecule has 0 saturated carbocycles. The molecule has 0 fully saturated rings. The summed E-state index contributed by atoms with van der Waals surface area (Å²) in [6.07, 6.45) is 3.78. The Labute approximate surface area is 161 Å². The summed E-state index contributed by atoms with van der Waals surface area (Å²) in [7, 11) is 0. The van der Waals surface area contributed by atoms with Crippen LogP contribution in [-0.2, 0) is 0 Å². The minimum absolute atomic E-state index is 0.0343. The second-order valence-electron chi connectivity index (χ2n) is 5.84. The number of anilines is 1. The highest BCUT2D eigenvalue weighted by atomic mass is 16.5. The first kappa shape index (κ1) is 18.5. The highest BCUT2D eigenvalue weighted by Crippen LogP contribution is 2.34. The summed E-state index contributed by atoms with van der Waals surface area (Å²) in [4.78, 5) is 14.5. The van der Waals surface area contributed by atoms with Gasteiger partial charge in [0.25, 0.3) is 5.56 Å². The van der Waals surface area contributed by atoms with Crippen LogP contribution in [0.3, 0.4) is 0 Å². The van der Waals surface area contributed by atoms with Crippen molar-refractivity contribution in [2.45, 2.75) is 0 Å². The third kappa shape index (κ3) is 3.77. The van der Waals surface area contributed by atoms with E-state index in [1.165, 1.54) is 0 Å². The van der Waals surface area contributed by atoms with Crippen molar-refractivity contribution in [1.82, 2.24) is 4.98 Å². The van der Waals surface area contributed by atoms with Gasteiger partial charge in [0.1, 0.15) is 41.4 Å². The van der Waals surface area contributed by atoms with Crippen LogP contribution in [0.25, 0.3) is 17.2 Å². The molecule has 0 saturated heterocycles. The Morgan fingerprint density at radius 3 is 2.39 bits per heavy atom. The summed E-state index contributed by atoms with van der Waals surface area (Å²) < 4.78 is 5.83. The molecular formula is C22H16N4O2. The number of nitrogen functional groups attached to an aromatic ring is 1. The molecule has 0 aliphatic rings. The second kappa shape index (κ2) is 8.39. The average molecular weight is 368 g/mol. The number of rotatable bonds is 5. The SMILES string of the molecule is N#Cc1c(N)[nH]c(=O)c(C#N)c1-c1ccccc1OCC=Cc1ccccc1. The van der Waals surface area contributed by atoms with E-state index >= 15 is 0 Å². The van der Waals surface area contributed by atoms with E-state index in [1.54, 1.807) is 24.3 Å². The molecule has 0 amide bonds. The van der Waals surface area contributed by atoms with E-state index < -0.39 is 5.56 Å². The van der Waals surface area contributed by atoms with Crippen molar-refractivity contribution < 1.29 is 4.74 Å². The van der Waals surface area contributed by atoms with Crippen LogP contribution in [0.4, 0.5) is 5.82 Å². The fraction of sp³-hybridized carbons (Fsp3) is 0.0455. The first-order valence-electron chi connectivity index (χ1n) is 8.45. The van der Waals surface area contributed by atoms with Gasteiger partial charge >= 0.3 is 0 Å². The van der Waals surface area contributed by atoms with Crippen LogP contribution in [0.2, 0.25) is 0 Å². The number of para-hydroxylation sites is 1. The zero-order chi connectivity index (χ0) is 19.9. The molecule has 6 heteroatoms. The van der Waals surface area contributed by atoms with Crippen molar-refractivity contribution in [2.24, 2.45) is 0 Å². The van der Waals surface area contributed by atoms with Crippen LogP contribution in [0.1, 0.15) is 16.7 Å². The number of pyridine rings is 1. The van der Waals surface area contributed by atoms with E-state index in [0.717, 1.165) is 5.56 Å². The van der Waals surface area contributed by atoms with E-state index in [9.17, 15) is 15.3 Å². The van der Waals surface area contributed by atoms with Crippen molar-refractivity contribution in [3.05, 3.63) is 87.7 Å². The molecule has 1 aromatic heterocycles. The average Bonchev–Trinajstić information content (AvgIpc) is 2.72. The lowest BCUT2D eigenvalue weighted by atomic mass is 9.96. The zero-order valence-corrected chi connectivity index (χ0v) is 14.8. The first-order chi connectivity index (χ1) is 13.7. The first-order valence-corrected chi connectivity index (χ1v) is 8.45. The summed E-state index contributed by atoms with van der Waals surface area (Å²) in [6.45, 7) is 0.272. The van der Waals surface area contributed by atoms with Crippen LogP contribution in [-0.4, -0.2) is 11.6 Å². The van der Waals surface area contributed by atoms with Crippen molar-refractivity contribution in [3.63, 3.8) is 0 Å². The Morgan fingerprint density at radius 1 is 1.00 bits per heavy atom. The van der Waals surface area contributed by atoms with Crippen LogP contribution in [0, 0.1) is 22.7 Å². The highest BCUT2D eigenvalue weighted by Gasteiger charge is 2.20. The summed E-state index contributed by atoms with van der Waals surface area (Å²) in [5.41, 5.74) is 6.68. The standard InChI is InChI=1S/C22H16N4O2/c23-13-17-20(18(14-24)22(27)26-21(17)25)16-10-4-5-11-19(16)28-12-6-9-15-7-2-1-3-8-15/h1-11H,12H2,(H3,25,26,27). The Morgan fingerprint density at radius 2 is 1.68 bits per heavy atom. The van der Waals surface area contributed by atoms with E-state index in [-0.39, 0.29) is 29.1 Å². The number of nitrogens with one attached hydrogen (secondary N) is 1. The predicted molar refractivity (Wildman–Crippen MR) is 107 cm³/mol. The topological polar surface area (TPSA) is 116 Å². The van der Waals surface area contributed by atoms with Crippen molar-refractivity contribution in [3.8, 4) is 29.0 Å². The minimum atomic E-state index is -0.646. The number of H-pyrrole nitrogens is 1. The van der Waals surface area contributed by atoms with Crippen LogP contribution in [0.15, 0.2) is 65.5 Å². The molecule has 0 bridgehead atoms. The van der Waals surface area contributed by atoms with Gasteiger partial charge < -0.3 is 15.5 Å². The maximum atomic E-state index is 12.1. The van der Waals surface area contributed by atoms with Crippen LogP contribution in [0.5, 0.6) is 5.75 Å². The molecule has 1 heterocycles. The fourth-order valence-corrected chi connectivity index (χ4v) is 2.80. The third-order valence-corrected chi connectivity index (χ3v) is 4.07. The molecule has 3 aromatic rings. The number of nitrogens with zero attached hydrogens (tertiary/aromatic N) is 2. The minimum Gasteiger partial charge on any atom is -0.489 e. The van der Waals surface area contributed by atoms with Crippen molar-refractivity contribution in [1.29, 1.82) is 10.5 Å². The van der Waals surface area contributed by atoms with Gasteiger partial charge in [-0.3, -0.25) is 4.79 Å². The van der Waals surface area contributed by atoms with Gasteiger partial charge in [-0.25, -0.2) is 0 Å². The smallest absolute Gasteiger partial charge is 0.268 e. The van der Waals surface area contributed by atoms with Crippen LogP contribution >= 0.6 is 0 Å². The molecule has 0 aliphatic heterocycles. The molecule has 3 N–H and O–H groups in total. The number of nitriles is 2. The summed E-state index contributed by atoms with van der Waals surface area (Å²) in [5, 5.41) is 18.9. The molecule has 0 atom stereocenters. The predicted octanol–water partition coefficient (Wildman–Crippen LogP) is 3.46. The number of hydrogen-bond acceptors (Lipinski definition) is 5. The largest absolute Gasteiger partial charge is 0.489 e. The maximum Gasteiger partial charge on any atom is 0.268 e. The van der Waals surface area contributed by atoms with E-state index in [1.807, 2.05) is 54.6 Å². The molecule has 0 spiro atoms. The number of aromatic amines is 1. The van der Waals surface area contributed by atoms with Gasteiger partial charge in [0.15, 0.2) is 0 Å². The second-order valence-corrected chi connectivity index (χ2v) is 5.84. The monoisotopic (exact) mass is 368 g/mol. The van der Waals surface area contributed by atoms with Gasteiger partial charge in [-0.1, -0.05) is 54.6 Å². The van der Waals surface area contributed by atoms with Gasteiger partial charge in [-0.2, -0.15) is 10.5 Å². The molecule has 6 nitrogen and oxygen atoms in total. The zero-order valence-electron chi connectivity index (χ0n) is 14.8. The summed E-state index contributed by atoms with van der Waals surface area (Å²) in [6, 6.07) is 20.5. The number of benzene rings is 2. The lowest BCUT2D eigenvalue weighted by Crippen LogP contribution is -2.16. The lowest BCUT2D eigenvalue weighted by Gasteiger charge is -2.13. The summed E-state index contributed by atoms with van der Waals surface area (Å²) >= 11 is 0. The van der Waals surface area contributed by atoms with Crippen molar-refractivity contribution in [2.75, 3.05) is 12.3 Å². The Hall–Kier alpha value is -4.29. The number of hydrogen-bond donors (Lipinski definition) is 2. The number of aromatic nitrogens is 1. The van der Waals surface area contributed by atoms with Gasteiger partial charge in [-0.15, -0.1) is 0 Å².